The van der Waals surface area contributed by atoms with E-state index in [4.69, 9.17) is 25.8 Å². The molecule has 0 aliphatic rings. The molecule has 1 amide bonds. The van der Waals surface area contributed by atoms with Crippen LogP contribution >= 0.6 is 11.6 Å². The average molecular weight is 419 g/mol. The third-order valence-corrected chi connectivity index (χ3v) is 4.60. The number of ether oxygens (including phenoxy) is 3. The van der Waals surface area contributed by atoms with Gasteiger partial charge in [-0.2, -0.15) is 0 Å². The average Bonchev–Trinajstić information content (AvgIpc) is 2.69. The van der Waals surface area contributed by atoms with E-state index in [0.29, 0.717) is 27.8 Å². The van der Waals surface area contributed by atoms with E-state index in [1.165, 1.54) is 20.3 Å². The molecular weight excluding hydrogens is 398 g/mol. The van der Waals surface area contributed by atoms with Crippen LogP contribution in [0.4, 0.5) is 0 Å². The Bertz CT molecular complexity index is 931. The first-order valence-electron chi connectivity index (χ1n) is 8.60. The quantitative estimate of drug-likeness (QED) is 0.660. The van der Waals surface area contributed by atoms with Gasteiger partial charge in [-0.3, -0.25) is 4.79 Å². The normalized spacial score (nSPS) is 11.0. The Balaban J connectivity index is 2.16. The first-order chi connectivity index (χ1) is 13.8. The van der Waals surface area contributed by atoms with Gasteiger partial charge in [0.1, 0.15) is 5.75 Å². The second-order valence-electron chi connectivity index (χ2n) is 6.14. The summed E-state index contributed by atoms with van der Waals surface area (Å²) in [5.74, 6) is -1.02. The Hall–Kier alpha value is -3.19. The highest BCUT2D eigenvalue weighted by molar-refractivity contribution is 6.32. The van der Waals surface area contributed by atoms with Crippen molar-refractivity contribution in [2.45, 2.75) is 13.8 Å². The van der Waals surface area contributed by atoms with Gasteiger partial charge in [-0.1, -0.05) is 23.7 Å². The number of hydrogen-bond acceptors (Lipinski definition) is 6. The van der Waals surface area contributed by atoms with Crippen molar-refractivity contribution in [3.63, 3.8) is 0 Å². The van der Waals surface area contributed by atoms with E-state index >= 15 is 0 Å². The maximum absolute atomic E-state index is 12.2. The number of halogens is 1. The summed E-state index contributed by atoms with van der Waals surface area (Å²) in [6, 6.07) is 8.33. The van der Waals surface area contributed by atoms with E-state index in [-0.39, 0.29) is 6.61 Å². The summed E-state index contributed by atoms with van der Waals surface area (Å²) < 4.78 is 15.9. The molecule has 0 saturated heterocycles. The maximum atomic E-state index is 12.2. The van der Waals surface area contributed by atoms with Crippen LogP contribution in [0, 0.1) is 13.8 Å². The number of carbonyl (C=O) groups excluding carboxylic acids is 2. The minimum Gasteiger partial charge on any atom is -0.543 e. The minimum atomic E-state index is -1.55. The van der Waals surface area contributed by atoms with E-state index in [0.717, 1.165) is 11.1 Å². The maximum Gasteiger partial charge on any atom is 0.262 e. The standard InChI is InChI=1S/C21H22ClNO6/c1-12-8-15(9-13(2)19(12)22)29-11-18(24)23-16(21(25)26)10-14-6-5-7-17(27-3)20(14)28-4/h5-10H,11H2,1-4H3,(H,23,24)(H,25,26)/p-1/b16-10+. The van der Waals surface area contributed by atoms with Gasteiger partial charge in [-0.15, -0.1) is 0 Å². The summed E-state index contributed by atoms with van der Waals surface area (Å²) in [6.07, 6.45) is 1.23. The SMILES string of the molecule is COc1cccc(/C=C(/NC(=O)COc2cc(C)c(Cl)c(C)c2)C(=O)[O-])c1OC. The third-order valence-electron chi connectivity index (χ3n) is 4.01. The van der Waals surface area contributed by atoms with Crippen molar-refractivity contribution in [3.8, 4) is 17.2 Å². The first kappa shape index (κ1) is 22.1. The zero-order chi connectivity index (χ0) is 21.6. The zero-order valence-corrected chi connectivity index (χ0v) is 17.3. The number of benzene rings is 2. The number of rotatable bonds is 8. The fourth-order valence-corrected chi connectivity index (χ4v) is 2.76. The molecule has 0 spiro atoms. The molecule has 0 saturated carbocycles. The smallest absolute Gasteiger partial charge is 0.262 e. The number of para-hydroxylation sites is 1. The molecule has 1 N–H and O–H groups in total. The Kier molecular flexibility index (Phi) is 7.50. The van der Waals surface area contributed by atoms with Crippen LogP contribution in [0.2, 0.25) is 5.02 Å². The lowest BCUT2D eigenvalue weighted by atomic mass is 10.1. The molecule has 0 atom stereocenters. The molecule has 2 aromatic rings. The van der Waals surface area contributed by atoms with Gasteiger partial charge < -0.3 is 29.4 Å². The molecule has 0 fully saturated rings. The van der Waals surface area contributed by atoms with E-state index in [9.17, 15) is 14.7 Å². The van der Waals surface area contributed by atoms with Crippen LogP contribution in [0.1, 0.15) is 16.7 Å². The highest BCUT2D eigenvalue weighted by atomic mass is 35.5. The number of aliphatic carboxylic acids is 1. The molecule has 0 heterocycles. The summed E-state index contributed by atoms with van der Waals surface area (Å²) in [5, 5.41) is 14.4. The molecule has 8 heteroatoms. The van der Waals surface area contributed by atoms with Crippen molar-refractivity contribution in [3.05, 3.63) is 57.7 Å². The molecule has 154 valence electrons. The minimum absolute atomic E-state index is 0.325. The first-order valence-corrected chi connectivity index (χ1v) is 8.98. The molecule has 2 aromatic carbocycles. The van der Waals surface area contributed by atoms with Crippen LogP contribution in [-0.4, -0.2) is 32.7 Å². The van der Waals surface area contributed by atoms with Crippen LogP contribution < -0.4 is 24.6 Å². The van der Waals surface area contributed by atoms with E-state index < -0.39 is 17.6 Å². The lowest BCUT2D eigenvalue weighted by molar-refractivity contribution is -0.299. The number of aryl methyl sites for hydroxylation is 2. The van der Waals surface area contributed by atoms with Gasteiger partial charge in [0.25, 0.3) is 5.91 Å². The molecule has 0 aromatic heterocycles. The van der Waals surface area contributed by atoms with Crippen molar-refractivity contribution in [1.29, 1.82) is 0 Å². The lowest BCUT2D eigenvalue weighted by Crippen LogP contribution is -2.37. The number of methoxy groups -OCH3 is 2. The fourth-order valence-electron chi connectivity index (χ4n) is 2.65. The number of carboxylic acids is 1. The Labute approximate surface area is 173 Å². The molecule has 2 rings (SSSR count). The predicted octanol–water partition coefficient (Wildman–Crippen LogP) is 2.26. The van der Waals surface area contributed by atoms with Crippen molar-refractivity contribution in [2.24, 2.45) is 0 Å². The highest BCUT2D eigenvalue weighted by Gasteiger charge is 2.12. The Morgan fingerprint density at radius 1 is 1.14 bits per heavy atom. The molecule has 0 bridgehead atoms. The van der Waals surface area contributed by atoms with Crippen molar-refractivity contribution < 1.29 is 28.9 Å². The van der Waals surface area contributed by atoms with Gasteiger partial charge in [0.05, 0.1) is 25.9 Å². The third kappa shape index (κ3) is 5.65. The Morgan fingerprint density at radius 2 is 1.79 bits per heavy atom. The summed E-state index contributed by atoms with van der Waals surface area (Å²) in [6.45, 7) is 3.25. The van der Waals surface area contributed by atoms with Crippen molar-refractivity contribution in [1.82, 2.24) is 5.32 Å². The van der Waals surface area contributed by atoms with Crippen LogP contribution in [0.5, 0.6) is 17.2 Å². The van der Waals surface area contributed by atoms with E-state index in [2.05, 4.69) is 5.32 Å². The van der Waals surface area contributed by atoms with Gasteiger partial charge in [-0.25, -0.2) is 0 Å². The van der Waals surface area contributed by atoms with Crippen LogP contribution in [0.25, 0.3) is 6.08 Å². The molecule has 29 heavy (non-hydrogen) atoms. The number of carbonyl (C=O) groups is 2. The number of amides is 1. The van der Waals surface area contributed by atoms with Crippen LogP contribution in [0.3, 0.4) is 0 Å². The van der Waals surface area contributed by atoms with Gasteiger partial charge in [-0.05, 0) is 49.2 Å². The summed E-state index contributed by atoms with van der Waals surface area (Å²) in [7, 11) is 2.89. The molecule has 0 radical (unpaired) electrons. The largest absolute Gasteiger partial charge is 0.543 e. The van der Waals surface area contributed by atoms with Gasteiger partial charge in [0.15, 0.2) is 18.1 Å². The van der Waals surface area contributed by atoms with E-state index in [1.807, 2.05) is 13.8 Å². The number of hydrogen-bond donors (Lipinski definition) is 1. The van der Waals surface area contributed by atoms with Crippen LogP contribution in [-0.2, 0) is 9.59 Å². The second kappa shape index (κ2) is 9.84. The molecule has 0 aliphatic heterocycles. The lowest BCUT2D eigenvalue weighted by Gasteiger charge is -2.14. The van der Waals surface area contributed by atoms with Crippen LogP contribution in [0.15, 0.2) is 36.0 Å². The molecule has 0 aliphatic carbocycles. The molecule has 7 nitrogen and oxygen atoms in total. The Morgan fingerprint density at radius 3 is 2.34 bits per heavy atom. The van der Waals surface area contributed by atoms with Gasteiger partial charge in [0.2, 0.25) is 0 Å². The van der Waals surface area contributed by atoms with Gasteiger partial charge in [0, 0.05) is 10.6 Å². The topological polar surface area (TPSA) is 96.9 Å². The highest BCUT2D eigenvalue weighted by Crippen LogP contribution is 2.32. The van der Waals surface area contributed by atoms with Crippen molar-refractivity contribution >= 4 is 29.6 Å². The summed E-state index contributed by atoms with van der Waals surface area (Å²) >= 11 is 6.11. The summed E-state index contributed by atoms with van der Waals surface area (Å²) in [5.41, 5.74) is 1.58. The molecular formula is C21H21ClNO6-. The van der Waals surface area contributed by atoms with Crippen molar-refractivity contribution in [2.75, 3.05) is 20.8 Å². The predicted molar refractivity (Wildman–Crippen MR) is 107 cm³/mol. The number of nitrogens with one attached hydrogen (secondary N) is 1. The molecule has 0 unspecified atom stereocenters. The van der Waals surface area contributed by atoms with E-state index in [1.54, 1.807) is 30.3 Å². The zero-order valence-electron chi connectivity index (χ0n) is 16.5. The summed E-state index contributed by atoms with van der Waals surface area (Å²) in [4.78, 5) is 23.7. The second-order valence-corrected chi connectivity index (χ2v) is 6.51. The fraction of sp³-hybridized carbons (Fsp3) is 0.238. The number of carboxylic acid groups (broad SMARTS) is 1. The van der Waals surface area contributed by atoms with Gasteiger partial charge >= 0.3 is 0 Å². The monoisotopic (exact) mass is 418 g/mol.